The number of hydrogen-bond donors (Lipinski definition) is 4. The number of carbonyl (C=O) groups is 1. The van der Waals surface area contributed by atoms with Crippen LogP contribution in [0.1, 0.15) is 6.92 Å². The quantitative estimate of drug-likeness (QED) is 0.352. The Bertz CT molecular complexity index is 168. The van der Waals surface area contributed by atoms with Gasteiger partial charge >= 0.3 is 5.97 Å². The van der Waals surface area contributed by atoms with Crippen molar-refractivity contribution in [2.75, 3.05) is 26.4 Å². The van der Waals surface area contributed by atoms with Crippen molar-refractivity contribution >= 4 is 5.97 Å². The maximum Gasteiger partial charge on any atom is 0.322 e. The molecule has 0 amide bonds. The van der Waals surface area contributed by atoms with Crippen molar-refractivity contribution in [3.63, 3.8) is 0 Å². The standard InChI is InChI=1S/C8H17NO6/c1-6(14)15-9(7(2-10)3-11)8(4-12)5-13/h7-8,10-13H,2-5H2,1H3. The van der Waals surface area contributed by atoms with E-state index >= 15 is 0 Å². The summed E-state index contributed by atoms with van der Waals surface area (Å²) < 4.78 is 0. The second kappa shape index (κ2) is 7.55. The van der Waals surface area contributed by atoms with Crippen LogP contribution >= 0.6 is 0 Å². The molecule has 0 aromatic rings. The Balaban J connectivity index is 4.59. The molecule has 0 atom stereocenters. The van der Waals surface area contributed by atoms with Crippen LogP contribution in [0.2, 0.25) is 0 Å². The Morgan fingerprint density at radius 1 is 1.07 bits per heavy atom. The Kier molecular flexibility index (Phi) is 7.18. The zero-order valence-electron chi connectivity index (χ0n) is 8.54. The Hall–Kier alpha value is -0.730. The van der Waals surface area contributed by atoms with Crippen molar-refractivity contribution in [2.24, 2.45) is 0 Å². The van der Waals surface area contributed by atoms with Crippen LogP contribution in [-0.4, -0.2) is 70.0 Å². The number of hydroxylamine groups is 2. The van der Waals surface area contributed by atoms with Gasteiger partial charge in [-0.2, -0.15) is 0 Å². The molecule has 0 aliphatic heterocycles. The third-order valence-corrected chi connectivity index (χ3v) is 1.80. The van der Waals surface area contributed by atoms with Gasteiger partial charge < -0.3 is 25.3 Å². The fourth-order valence-electron chi connectivity index (χ4n) is 1.03. The zero-order chi connectivity index (χ0) is 11.8. The van der Waals surface area contributed by atoms with Crippen LogP contribution in [0.15, 0.2) is 0 Å². The second-order valence-corrected chi connectivity index (χ2v) is 2.98. The van der Waals surface area contributed by atoms with Gasteiger partial charge in [0.1, 0.15) is 0 Å². The van der Waals surface area contributed by atoms with E-state index in [2.05, 4.69) is 0 Å². The van der Waals surface area contributed by atoms with Gasteiger partial charge in [0.15, 0.2) is 0 Å². The maximum atomic E-state index is 10.7. The lowest BCUT2D eigenvalue weighted by molar-refractivity contribution is -0.229. The van der Waals surface area contributed by atoms with Crippen LogP contribution in [0.3, 0.4) is 0 Å². The third-order valence-electron chi connectivity index (χ3n) is 1.80. The van der Waals surface area contributed by atoms with E-state index in [9.17, 15) is 4.79 Å². The minimum Gasteiger partial charge on any atom is -0.395 e. The average molecular weight is 223 g/mol. The van der Waals surface area contributed by atoms with Crippen LogP contribution in [0.4, 0.5) is 0 Å². The molecule has 0 aliphatic carbocycles. The molecule has 90 valence electrons. The normalized spacial score (nSPS) is 11.5. The van der Waals surface area contributed by atoms with Crippen molar-refractivity contribution in [2.45, 2.75) is 19.0 Å². The molecule has 0 heterocycles. The summed E-state index contributed by atoms with van der Waals surface area (Å²) >= 11 is 0. The highest BCUT2D eigenvalue weighted by Gasteiger charge is 2.27. The summed E-state index contributed by atoms with van der Waals surface area (Å²) in [6.07, 6.45) is 0. The van der Waals surface area contributed by atoms with Crippen LogP contribution in [0, 0.1) is 0 Å². The van der Waals surface area contributed by atoms with Gasteiger partial charge in [0.05, 0.1) is 38.5 Å². The topological polar surface area (TPSA) is 110 Å². The third kappa shape index (κ3) is 4.54. The number of carbonyl (C=O) groups excluding carboxylic acids is 1. The van der Waals surface area contributed by atoms with Crippen LogP contribution in [0.25, 0.3) is 0 Å². The molecule has 4 N–H and O–H groups in total. The van der Waals surface area contributed by atoms with E-state index in [4.69, 9.17) is 25.3 Å². The number of aliphatic hydroxyl groups is 4. The molecule has 0 saturated carbocycles. The Morgan fingerprint density at radius 2 is 1.40 bits per heavy atom. The first-order valence-electron chi connectivity index (χ1n) is 4.51. The highest BCUT2D eigenvalue weighted by atomic mass is 16.7. The molecule has 0 bridgehead atoms. The predicted molar refractivity (Wildman–Crippen MR) is 49.5 cm³/mol. The molecule has 0 rings (SSSR count). The van der Waals surface area contributed by atoms with E-state index < -0.39 is 44.5 Å². The molecule has 0 unspecified atom stereocenters. The molecule has 7 heteroatoms. The number of rotatable bonds is 7. The molecule has 0 saturated heterocycles. The summed E-state index contributed by atoms with van der Waals surface area (Å²) in [5.74, 6) is -0.659. The zero-order valence-corrected chi connectivity index (χ0v) is 8.54. The lowest BCUT2D eigenvalue weighted by Gasteiger charge is -2.32. The molecule has 0 aliphatic rings. The number of hydrogen-bond acceptors (Lipinski definition) is 7. The summed E-state index contributed by atoms with van der Waals surface area (Å²) in [4.78, 5) is 15.4. The van der Waals surface area contributed by atoms with Crippen LogP contribution in [-0.2, 0) is 9.63 Å². The van der Waals surface area contributed by atoms with Crippen molar-refractivity contribution < 1.29 is 30.1 Å². The molecule has 0 aromatic carbocycles. The average Bonchev–Trinajstić information content (AvgIpc) is 2.20. The first kappa shape index (κ1) is 14.3. The van der Waals surface area contributed by atoms with Crippen molar-refractivity contribution in [3.05, 3.63) is 0 Å². The summed E-state index contributed by atoms with van der Waals surface area (Å²) in [7, 11) is 0. The molecular formula is C8H17NO6. The van der Waals surface area contributed by atoms with Crippen LogP contribution in [0.5, 0.6) is 0 Å². The van der Waals surface area contributed by atoms with Crippen molar-refractivity contribution in [1.82, 2.24) is 5.06 Å². The van der Waals surface area contributed by atoms with Gasteiger partial charge in [-0.25, -0.2) is 0 Å². The van der Waals surface area contributed by atoms with Gasteiger partial charge in [0.2, 0.25) is 0 Å². The van der Waals surface area contributed by atoms with Gasteiger partial charge in [0, 0.05) is 6.92 Å². The second-order valence-electron chi connectivity index (χ2n) is 2.98. The van der Waals surface area contributed by atoms with E-state index in [0.717, 1.165) is 12.0 Å². The first-order valence-corrected chi connectivity index (χ1v) is 4.51. The fourth-order valence-corrected chi connectivity index (χ4v) is 1.03. The SMILES string of the molecule is CC(=O)ON(C(CO)CO)C(CO)CO. The summed E-state index contributed by atoms with van der Waals surface area (Å²) in [6, 6.07) is -1.73. The fraction of sp³-hybridized carbons (Fsp3) is 0.875. The lowest BCUT2D eigenvalue weighted by atomic mass is 10.2. The van der Waals surface area contributed by atoms with E-state index in [1.165, 1.54) is 0 Å². The maximum absolute atomic E-state index is 10.7. The van der Waals surface area contributed by atoms with Crippen molar-refractivity contribution in [3.8, 4) is 0 Å². The first-order chi connectivity index (χ1) is 7.10. The van der Waals surface area contributed by atoms with Gasteiger partial charge in [-0.05, 0) is 0 Å². The summed E-state index contributed by atoms with van der Waals surface area (Å²) in [5, 5.41) is 36.5. The largest absolute Gasteiger partial charge is 0.395 e. The number of aliphatic hydroxyl groups excluding tert-OH is 4. The van der Waals surface area contributed by atoms with Crippen molar-refractivity contribution in [1.29, 1.82) is 0 Å². The van der Waals surface area contributed by atoms with Crippen LogP contribution < -0.4 is 0 Å². The monoisotopic (exact) mass is 223 g/mol. The van der Waals surface area contributed by atoms with Gasteiger partial charge in [-0.3, -0.25) is 4.79 Å². The molecule has 0 radical (unpaired) electrons. The molecule has 0 spiro atoms. The molecule has 0 fully saturated rings. The molecular weight excluding hydrogens is 206 g/mol. The van der Waals surface area contributed by atoms with Gasteiger partial charge in [-0.1, -0.05) is 0 Å². The van der Waals surface area contributed by atoms with Gasteiger partial charge in [0.25, 0.3) is 0 Å². The molecule has 7 nitrogen and oxygen atoms in total. The summed E-state index contributed by atoms with van der Waals surface area (Å²) in [5.41, 5.74) is 0. The Morgan fingerprint density at radius 3 is 1.60 bits per heavy atom. The molecule has 15 heavy (non-hydrogen) atoms. The molecule has 0 aromatic heterocycles. The van der Waals surface area contributed by atoms with Gasteiger partial charge in [-0.15, -0.1) is 5.06 Å². The lowest BCUT2D eigenvalue weighted by Crippen LogP contribution is -2.50. The number of nitrogens with zero attached hydrogens (tertiary/aromatic N) is 1. The highest BCUT2D eigenvalue weighted by molar-refractivity contribution is 5.65. The highest BCUT2D eigenvalue weighted by Crippen LogP contribution is 2.06. The van der Waals surface area contributed by atoms with E-state index in [1.54, 1.807) is 0 Å². The summed E-state index contributed by atoms with van der Waals surface area (Å²) in [6.45, 7) is -0.689. The van der Waals surface area contributed by atoms with E-state index in [0.29, 0.717) is 0 Å². The minimum absolute atomic E-state index is 0.458. The predicted octanol–water partition coefficient (Wildman–Crippen LogP) is -2.53. The Labute approximate surface area is 87.5 Å². The van der Waals surface area contributed by atoms with E-state index in [1.807, 2.05) is 0 Å². The van der Waals surface area contributed by atoms with E-state index in [-0.39, 0.29) is 0 Å². The smallest absolute Gasteiger partial charge is 0.322 e. The minimum atomic E-state index is -0.863.